The molecular formula is C10H12ClF4NO. The Morgan fingerprint density at radius 3 is 2.35 bits per heavy atom. The van der Waals surface area contributed by atoms with Crippen LogP contribution in [0.5, 0.6) is 5.75 Å². The number of halogens is 5. The summed E-state index contributed by atoms with van der Waals surface area (Å²) in [5.41, 5.74) is 4.04. The first kappa shape index (κ1) is 16.0. The van der Waals surface area contributed by atoms with Gasteiger partial charge in [-0.1, -0.05) is 6.07 Å². The van der Waals surface area contributed by atoms with Gasteiger partial charge in [-0.3, -0.25) is 0 Å². The zero-order valence-corrected chi connectivity index (χ0v) is 9.74. The summed E-state index contributed by atoms with van der Waals surface area (Å²) in [7, 11) is 1.25. The molecule has 2 N–H and O–H groups in total. The summed E-state index contributed by atoms with van der Waals surface area (Å²) < 4.78 is 54.9. The van der Waals surface area contributed by atoms with E-state index >= 15 is 0 Å². The van der Waals surface area contributed by atoms with Crippen molar-refractivity contribution in [3.8, 4) is 5.75 Å². The highest BCUT2D eigenvalue weighted by Gasteiger charge is 2.35. The quantitative estimate of drug-likeness (QED) is 0.859. The van der Waals surface area contributed by atoms with Crippen LogP contribution in [0.4, 0.5) is 17.6 Å². The molecule has 0 aliphatic carbocycles. The van der Waals surface area contributed by atoms with Gasteiger partial charge in [-0.05, 0) is 17.7 Å². The second-order valence-electron chi connectivity index (χ2n) is 3.21. The van der Waals surface area contributed by atoms with Gasteiger partial charge < -0.3 is 10.5 Å². The molecule has 0 fully saturated rings. The Balaban J connectivity index is 0.00000256. The predicted molar refractivity (Wildman–Crippen MR) is 58.1 cm³/mol. The fraction of sp³-hybridized carbons (Fsp3) is 0.400. The highest BCUT2D eigenvalue weighted by Crippen LogP contribution is 2.36. The van der Waals surface area contributed by atoms with E-state index in [2.05, 4.69) is 4.74 Å². The van der Waals surface area contributed by atoms with Crippen LogP contribution in [0.15, 0.2) is 18.2 Å². The molecule has 17 heavy (non-hydrogen) atoms. The lowest BCUT2D eigenvalue weighted by molar-refractivity contribution is -0.138. The van der Waals surface area contributed by atoms with Gasteiger partial charge in [0, 0.05) is 0 Å². The van der Waals surface area contributed by atoms with Crippen LogP contribution in [0.2, 0.25) is 0 Å². The molecule has 0 spiro atoms. The van der Waals surface area contributed by atoms with E-state index in [0.29, 0.717) is 0 Å². The van der Waals surface area contributed by atoms with Crippen molar-refractivity contribution in [2.45, 2.75) is 12.2 Å². The van der Waals surface area contributed by atoms with Gasteiger partial charge in [0.25, 0.3) is 0 Å². The Hall–Kier alpha value is -1.01. The highest BCUT2D eigenvalue weighted by molar-refractivity contribution is 5.85. The number of alkyl halides is 4. The van der Waals surface area contributed by atoms with Crippen molar-refractivity contribution in [1.29, 1.82) is 0 Å². The van der Waals surface area contributed by atoms with Crippen LogP contribution >= 0.6 is 12.4 Å². The summed E-state index contributed by atoms with van der Waals surface area (Å²) in [4.78, 5) is 0. The molecule has 0 aromatic heterocycles. The third-order valence-corrected chi connectivity index (χ3v) is 2.13. The molecule has 1 rings (SSSR count). The zero-order chi connectivity index (χ0) is 12.3. The summed E-state index contributed by atoms with van der Waals surface area (Å²) >= 11 is 0. The summed E-state index contributed by atoms with van der Waals surface area (Å²) in [5.74, 6) is 0.0575. The van der Waals surface area contributed by atoms with Gasteiger partial charge >= 0.3 is 6.18 Å². The minimum Gasteiger partial charge on any atom is -0.497 e. The van der Waals surface area contributed by atoms with Crippen LogP contribution in [0, 0.1) is 0 Å². The van der Waals surface area contributed by atoms with Crippen LogP contribution < -0.4 is 10.5 Å². The SMILES string of the molecule is COc1ccc([C@@H](N)CF)c(C(F)(F)F)c1.Cl. The summed E-state index contributed by atoms with van der Waals surface area (Å²) in [6.45, 7) is -1.05. The van der Waals surface area contributed by atoms with Crippen LogP contribution in [0.25, 0.3) is 0 Å². The number of rotatable bonds is 3. The van der Waals surface area contributed by atoms with Crippen LogP contribution in [-0.2, 0) is 6.18 Å². The van der Waals surface area contributed by atoms with Crippen molar-refractivity contribution in [2.24, 2.45) is 5.73 Å². The molecule has 7 heteroatoms. The molecule has 0 bridgehead atoms. The molecule has 0 amide bonds. The minimum absolute atomic E-state index is 0. The maximum absolute atomic E-state index is 12.6. The fourth-order valence-electron chi connectivity index (χ4n) is 1.31. The van der Waals surface area contributed by atoms with Gasteiger partial charge in [0.15, 0.2) is 0 Å². The molecule has 1 aromatic carbocycles. The van der Waals surface area contributed by atoms with Gasteiger partial charge in [0.1, 0.15) is 12.4 Å². The van der Waals surface area contributed by atoms with Crippen molar-refractivity contribution in [3.63, 3.8) is 0 Å². The predicted octanol–water partition coefficient (Wildman–Crippen LogP) is 3.11. The van der Waals surface area contributed by atoms with E-state index in [1.165, 1.54) is 13.2 Å². The molecule has 1 aromatic rings. The van der Waals surface area contributed by atoms with Crippen LogP contribution in [-0.4, -0.2) is 13.8 Å². The molecule has 0 unspecified atom stereocenters. The van der Waals surface area contributed by atoms with Crippen molar-refractivity contribution < 1.29 is 22.3 Å². The zero-order valence-electron chi connectivity index (χ0n) is 8.92. The first-order valence-electron chi connectivity index (χ1n) is 4.46. The molecule has 0 aliphatic heterocycles. The molecule has 0 radical (unpaired) electrons. The van der Waals surface area contributed by atoms with E-state index in [1.54, 1.807) is 0 Å². The Kier molecular flexibility index (Phi) is 5.71. The lowest BCUT2D eigenvalue weighted by Gasteiger charge is -2.17. The maximum atomic E-state index is 12.6. The van der Waals surface area contributed by atoms with Gasteiger partial charge in [-0.2, -0.15) is 13.2 Å². The minimum atomic E-state index is -4.57. The second-order valence-corrected chi connectivity index (χ2v) is 3.21. The van der Waals surface area contributed by atoms with Crippen molar-refractivity contribution in [3.05, 3.63) is 29.3 Å². The summed E-state index contributed by atoms with van der Waals surface area (Å²) in [5, 5.41) is 0. The molecular weight excluding hydrogens is 262 g/mol. The molecule has 0 aliphatic rings. The van der Waals surface area contributed by atoms with Crippen molar-refractivity contribution in [2.75, 3.05) is 13.8 Å². The Labute approximate surface area is 102 Å². The van der Waals surface area contributed by atoms with E-state index in [4.69, 9.17) is 5.73 Å². The van der Waals surface area contributed by atoms with E-state index in [1.807, 2.05) is 0 Å². The average Bonchev–Trinajstić information content (AvgIpc) is 2.26. The lowest BCUT2D eigenvalue weighted by Crippen LogP contribution is -2.19. The van der Waals surface area contributed by atoms with E-state index in [9.17, 15) is 17.6 Å². The number of nitrogens with two attached hydrogens (primary N) is 1. The largest absolute Gasteiger partial charge is 0.497 e. The normalized spacial score (nSPS) is 12.8. The first-order valence-corrected chi connectivity index (χ1v) is 4.46. The summed E-state index contributed by atoms with van der Waals surface area (Å²) in [6.07, 6.45) is -4.57. The van der Waals surface area contributed by atoms with Crippen LogP contribution in [0.3, 0.4) is 0 Å². The van der Waals surface area contributed by atoms with Gasteiger partial charge in [0.2, 0.25) is 0 Å². The standard InChI is InChI=1S/C10H11F4NO.ClH/c1-16-6-2-3-7(9(15)5-11)8(4-6)10(12,13)14;/h2-4,9H,5,15H2,1H3;1H/t9-;/m0./s1. The van der Waals surface area contributed by atoms with E-state index < -0.39 is 24.5 Å². The van der Waals surface area contributed by atoms with Crippen LogP contribution in [0.1, 0.15) is 17.2 Å². The van der Waals surface area contributed by atoms with Gasteiger partial charge in [-0.25, -0.2) is 4.39 Å². The smallest absolute Gasteiger partial charge is 0.416 e. The van der Waals surface area contributed by atoms with Crippen molar-refractivity contribution in [1.82, 2.24) is 0 Å². The third-order valence-electron chi connectivity index (χ3n) is 2.13. The van der Waals surface area contributed by atoms with E-state index in [0.717, 1.165) is 12.1 Å². The topological polar surface area (TPSA) is 35.2 Å². The second kappa shape index (κ2) is 6.07. The number of hydrogen-bond acceptors (Lipinski definition) is 2. The van der Waals surface area contributed by atoms with Gasteiger partial charge in [-0.15, -0.1) is 12.4 Å². The monoisotopic (exact) mass is 273 g/mol. The Morgan fingerprint density at radius 1 is 1.35 bits per heavy atom. The molecule has 2 nitrogen and oxygen atoms in total. The van der Waals surface area contributed by atoms with E-state index in [-0.39, 0.29) is 23.7 Å². The highest BCUT2D eigenvalue weighted by atomic mass is 35.5. The molecule has 0 saturated heterocycles. The number of hydrogen-bond donors (Lipinski definition) is 1. The molecule has 0 saturated carbocycles. The lowest BCUT2D eigenvalue weighted by atomic mass is 10.0. The fourth-order valence-corrected chi connectivity index (χ4v) is 1.31. The summed E-state index contributed by atoms with van der Waals surface area (Å²) in [6, 6.07) is 1.99. The molecule has 98 valence electrons. The molecule has 0 heterocycles. The van der Waals surface area contributed by atoms with Crippen molar-refractivity contribution >= 4 is 12.4 Å². The van der Waals surface area contributed by atoms with Gasteiger partial charge in [0.05, 0.1) is 18.7 Å². The Morgan fingerprint density at radius 2 is 1.94 bits per heavy atom. The Bertz CT molecular complexity index is 370. The maximum Gasteiger partial charge on any atom is 0.416 e. The average molecular weight is 274 g/mol. The third kappa shape index (κ3) is 3.74. The molecule has 1 atom stereocenters. The first-order chi connectivity index (χ1) is 7.40. The number of ether oxygens (including phenoxy) is 1. The number of methoxy groups -OCH3 is 1. The number of benzene rings is 1.